The maximum atomic E-state index is 9.46. The van der Waals surface area contributed by atoms with Gasteiger partial charge in [-0.15, -0.1) is 0 Å². The summed E-state index contributed by atoms with van der Waals surface area (Å²) in [6, 6.07) is 8.33. The van der Waals surface area contributed by atoms with Crippen LogP contribution in [0.4, 0.5) is 0 Å². The standard InChI is InChI=1S/C16H25NO2/c1-16(2,3)13-5-4-6-15(11-13)19-10-9-17-8-7-14(18)12-17/h4-6,11,14,18H,7-10,12H2,1-3H3. The molecule has 1 aliphatic rings. The maximum Gasteiger partial charge on any atom is 0.119 e. The molecule has 0 aliphatic carbocycles. The fourth-order valence-electron chi connectivity index (χ4n) is 2.36. The first kappa shape index (κ1) is 14.4. The summed E-state index contributed by atoms with van der Waals surface area (Å²) in [4.78, 5) is 2.25. The van der Waals surface area contributed by atoms with Gasteiger partial charge in [0, 0.05) is 19.6 Å². The number of hydrogen-bond donors (Lipinski definition) is 1. The van der Waals surface area contributed by atoms with Gasteiger partial charge >= 0.3 is 0 Å². The second-order valence-electron chi connectivity index (χ2n) is 6.37. The van der Waals surface area contributed by atoms with E-state index in [0.29, 0.717) is 6.61 Å². The van der Waals surface area contributed by atoms with Gasteiger partial charge in [0.05, 0.1) is 6.10 Å². The van der Waals surface area contributed by atoms with Crippen LogP contribution in [-0.4, -0.2) is 42.4 Å². The lowest BCUT2D eigenvalue weighted by Gasteiger charge is -2.20. The highest BCUT2D eigenvalue weighted by Crippen LogP contribution is 2.25. The van der Waals surface area contributed by atoms with Crippen LogP contribution in [0, 0.1) is 0 Å². The van der Waals surface area contributed by atoms with E-state index in [1.165, 1.54) is 5.56 Å². The zero-order valence-corrected chi connectivity index (χ0v) is 12.2. The highest BCUT2D eigenvalue weighted by Gasteiger charge is 2.19. The molecule has 0 saturated carbocycles. The van der Waals surface area contributed by atoms with Crippen molar-refractivity contribution in [2.24, 2.45) is 0 Å². The van der Waals surface area contributed by atoms with Crippen molar-refractivity contribution in [1.29, 1.82) is 0 Å². The van der Waals surface area contributed by atoms with Crippen molar-refractivity contribution in [3.63, 3.8) is 0 Å². The van der Waals surface area contributed by atoms with Crippen molar-refractivity contribution >= 4 is 0 Å². The number of aliphatic hydroxyl groups excluding tert-OH is 1. The van der Waals surface area contributed by atoms with E-state index in [1.54, 1.807) is 0 Å². The van der Waals surface area contributed by atoms with Gasteiger partial charge in [-0.05, 0) is 29.5 Å². The molecular formula is C16H25NO2. The van der Waals surface area contributed by atoms with Crippen molar-refractivity contribution in [2.75, 3.05) is 26.2 Å². The molecule has 1 unspecified atom stereocenters. The Bertz CT molecular complexity index is 411. The molecule has 0 spiro atoms. The normalized spacial score (nSPS) is 20.7. The van der Waals surface area contributed by atoms with Gasteiger partial charge in [-0.3, -0.25) is 4.90 Å². The minimum atomic E-state index is -0.149. The number of rotatable bonds is 4. The van der Waals surface area contributed by atoms with Crippen LogP contribution in [0.15, 0.2) is 24.3 Å². The molecule has 1 heterocycles. The van der Waals surface area contributed by atoms with Crippen molar-refractivity contribution < 1.29 is 9.84 Å². The van der Waals surface area contributed by atoms with Gasteiger partial charge in [-0.2, -0.15) is 0 Å². The Balaban J connectivity index is 1.83. The summed E-state index contributed by atoms with van der Waals surface area (Å²) in [6.45, 7) is 9.95. The van der Waals surface area contributed by atoms with E-state index in [4.69, 9.17) is 4.74 Å². The quantitative estimate of drug-likeness (QED) is 0.905. The first-order chi connectivity index (χ1) is 8.95. The summed E-state index contributed by atoms with van der Waals surface area (Å²) in [5.41, 5.74) is 1.44. The van der Waals surface area contributed by atoms with Crippen LogP contribution < -0.4 is 4.74 Å². The molecule has 1 atom stereocenters. The summed E-state index contributed by atoms with van der Waals surface area (Å²) in [5, 5.41) is 9.46. The Hall–Kier alpha value is -1.06. The van der Waals surface area contributed by atoms with Gasteiger partial charge in [0.2, 0.25) is 0 Å². The number of aliphatic hydroxyl groups is 1. The molecule has 1 saturated heterocycles. The highest BCUT2D eigenvalue weighted by atomic mass is 16.5. The number of likely N-dealkylation sites (tertiary alicyclic amines) is 1. The van der Waals surface area contributed by atoms with Crippen LogP contribution in [0.2, 0.25) is 0 Å². The average Bonchev–Trinajstić information content (AvgIpc) is 2.74. The van der Waals surface area contributed by atoms with Crippen LogP contribution in [0.1, 0.15) is 32.8 Å². The maximum absolute atomic E-state index is 9.46. The van der Waals surface area contributed by atoms with Crippen molar-refractivity contribution in [3.8, 4) is 5.75 Å². The molecular weight excluding hydrogens is 238 g/mol. The topological polar surface area (TPSA) is 32.7 Å². The van der Waals surface area contributed by atoms with Gasteiger partial charge in [0.15, 0.2) is 0 Å². The molecule has 0 bridgehead atoms. The van der Waals surface area contributed by atoms with Gasteiger partial charge in [-0.1, -0.05) is 32.9 Å². The SMILES string of the molecule is CC(C)(C)c1cccc(OCCN2CCC(O)C2)c1. The van der Waals surface area contributed by atoms with Crippen LogP contribution in [0.5, 0.6) is 5.75 Å². The molecule has 19 heavy (non-hydrogen) atoms. The molecule has 1 fully saturated rings. The zero-order chi connectivity index (χ0) is 13.9. The smallest absolute Gasteiger partial charge is 0.119 e. The molecule has 2 rings (SSSR count). The second-order valence-corrected chi connectivity index (χ2v) is 6.37. The van der Waals surface area contributed by atoms with Crippen molar-refractivity contribution in [2.45, 2.75) is 38.7 Å². The summed E-state index contributed by atoms with van der Waals surface area (Å²) in [5.74, 6) is 0.937. The van der Waals surface area contributed by atoms with E-state index in [9.17, 15) is 5.11 Å². The molecule has 1 aliphatic heterocycles. The van der Waals surface area contributed by atoms with E-state index >= 15 is 0 Å². The van der Waals surface area contributed by atoms with Crippen LogP contribution in [0.3, 0.4) is 0 Å². The molecule has 106 valence electrons. The first-order valence-electron chi connectivity index (χ1n) is 7.09. The minimum Gasteiger partial charge on any atom is -0.492 e. The zero-order valence-electron chi connectivity index (χ0n) is 12.2. The van der Waals surface area contributed by atoms with E-state index < -0.39 is 0 Å². The fourth-order valence-corrected chi connectivity index (χ4v) is 2.36. The van der Waals surface area contributed by atoms with Crippen LogP contribution in [0.25, 0.3) is 0 Å². The first-order valence-corrected chi connectivity index (χ1v) is 7.09. The third-order valence-corrected chi connectivity index (χ3v) is 3.62. The number of hydrogen-bond acceptors (Lipinski definition) is 3. The predicted octanol–water partition coefficient (Wildman–Crippen LogP) is 2.43. The van der Waals surface area contributed by atoms with Gasteiger partial charge < -0.3 is 9.84 Å². The summed E-state index contributed by atoms with van der Waals surface area (Å²) in [7, 11) is 0. The third-order valence-electron chi connectivity index (χ3n) is 3.62. The van der Waals surface area contributed by atoms with Crippen LogP contribution in [-0.2, 0) is 5.41 Å². The summed E-state index contributed by atoms with van der Waals surface area (Å²) >= 11 is 0. The molecule has 0 amide bonds. The van der Waals surface area contributed by atoms with Gasteiger partial charge in [-0.25, -0.2) is 0 Å². The van der Waals surface area contributed by atoms with E-state index in [0.717, 1.165) is 31.8 Å². The fraction of sp³-hybridized carbons (Fsp3) is 0.625. The minimum absolute atomic E-state index is 0.149. The third kappa shape index (κ3) is 4.22. The highest BCUT2D eigenvalue weighted by molar-refractivity contribution is 5.32. The van der Waals surface area contributed by atoms with E-state index in [-0.39, 0.29) is 11.5 Å². The monoisotopic (exact) mass is 263 g/mol. The Morgan fingerprint density at radius 2 is 2.16 bits per heavy atom. The number of ether oxygens (including phenoxy) is 1. The number of nitrogens with zero attached hydrogens (tertiary/aromatic N) is 1. The second kappa shape index (κ2) is 5.93. The molecule has 3 nitrogen and oxygen atoms in total. The van der Waals surface area contributed by atoms with E-state index in [2.05, 4.69) is 43.9 Å². The molecule has 1 aromatic rings. The molecule has 0 radical (unpaired) electrons. The predicted molar refractivity (Wildman–Crippen MR) is 77.7 cm³/mol. The Kier molecular flexibility index (Phi) is 4.48. The number of β-amino-alcohol motifs (C(OH)–C–C–N with tert-alkyl or cyclic N) is 1. The molecule has 1 aromatic carbocycles. The molecule has 0 aromatic heterocycles. The van der Waals surface area contributed by atoms with Crippen molar-refractivity contribution in [3.05, 3.63) is 29.8 Å². The Labute approximate surface area is 116 Å². The largest absolute Gasteiger partial charge is 0.492 e. The summed E-state index contributed by atoms with van der Waals surface area (Å²) in [6.07, 6.45) is 0.740. The van der Waals surface area contributed by atoms with Crippen molar-refractivity contribution in [1.82, 2.24) is 4.90 Å². The lowest BCUT2D eigenvalue weighted by Crippen LogP contribution is -2.27. The van der Waals surface area contributed by atoms with Gasteiger partial charge in [0.1, 0.15) is 12.4 Å². The molecule has 3 heteroatoms. The van der Waals surface area contributed by atoms with Crippen LogP contribution >= 0.6 is 0 Å². The Morgan fingerprint density at radius 1 is 1.37 bits per heavy atom. The molecule has 1 N–H and O–H groups in total. The lowest BCUT2D eigenvalue weighted by atomic mass is 9.87. The Morgan fingerprint density at radius 3 is 2.79 bits per heavy atom. The number of benzene rings is 1. The van der Waals surface area contributed by atoms with Gasteiger partial charge in [0.25, 0.3) is 0 Å². The average molecular weight is 263 g/mol. The van der Waals surface area contributed by atoms with E-state index in [1.807, 2.05) is 6.07 Å². The summed E-state index contributed by atoms with van der Waals surface area (Å²) < 4.78 is 5.82. The lowest BCUT2D eigenvalue weighted by molar-refractivity contribution is 0.167.